The highest BCUT2D eigenvalue weighted by atomic mass is 19.1. The maximum atomic E-state index is 14.1. The summed E-state index contributed by atoms with van der Waals surface area (Å²) in [5, 5.41) is 8.04. The fourth-order valence-electron chi connectivity index (χ4n) is 4.06. The van der Waals surface area contributed by atoms with Crippen LogP contribution in [0, 0.1) is 5.82 Å². The van der Waals surface area contributed by atoms with Gasteiger partial charge < -0.3 is 25.4 Å². The van der Waals surface area contributed by atoms with Crippen LogP contribution >= 0.6 is 0 Å². The average Bonchev–Trinajstić information content (AvgIpc) is 2.96. The van der Waals surface area contributed by atoms with E-state index in [1.165, 1.54) is 31.4 Å². The third-order valence-electron chi connectivity index (χ3n) is 5.23. The van der Waals surface area contributed by atoms with Crippen molar-refractivity contribution >= 4 is 23.3 Å². The molecule has 1 spiro atoms. The Morgan fingerprint density at radius 2 is 2.08 bits per heavy atom. The minimum atomic E-state index is -0.636. The number of carbonyl (C=O) groups excluding carboxylic acids is 2. The Labute approximate surface area is 150 Å². The van der Waals surface area contributed by atoms with E-state index in [1.807, 2.05) is 0 Å². The molecule has 0 unspecified atom stereocenters. The molecule has 26 heavy (non-hydrogen) atoms. The Kier molecular flexibility index (Phi) is 4.44. The maximum Gasteiger partial charge on any atom is 0.319 e. The van der Waals surface area contributed by atoms with Crippen molar-refractivity contribution in [2.75, 3.05) is 23.8 Å². The molecule has 8 heteroatoms. The number of hydrogen-bond donors (Lipinski definition) is 3. The molecule has 3 amide bonds. The van der Waals surface area contributed by atoms with Gasteiger partial charge in [0.25, 0.3) is 5.91 Å². The number of ether oxygens (including phenoxy) is 2. The van der Waals surface area contributed by atoms with Gasteiger partial charge in [-0.1, -0.05) is 19.3 Å². The molecule has 2 fully saturated rings. The van der Waals surface area contributed by atoms with Crippen molar-refractivity contribution < 1.29 is 23.5 Å². The van der Waals surface area contributed by atoms with Gasteiger partial charge in [0.15, 0.2) is 18.2 Å². The standard InChI is InChI=1S/C18H22FN3O4/c19-13-6-11(7-14-16(13)25-10-15(23)22-14)20-17(24)21-12-8-18(26-9-12)4-2-1-3-5-18/h6-7,12H,1-5,8-10H2,(H,22,23)(H2,20,21,24)/t12-/m0/s1. The Morgan fingerprint density at radius 1 is 1.27 bits per heavy atom. The number of rotatable bonds is 2. The van der Waals surface area contributed by atoms with Gasteiger partial charge in [-0.3, -0.25) is 4.79 Å². The number of benzene rings is 1. The molecule has 3 aliphatic rings. The van der Waals surface area contributed by atoms with Gasteiger partial charge in [-0.2, -0.15) is 0 Å². The largest absolute Gasteiger partial charge is 0.478 e. The van der Waals surface area contributed by atoms with Gasteiger partial charge in [-0.05, 0) is 25.3 Å². The monoisotopic (exact) mass is 363 g/mol. The summed E-state index contributed by atoms with van der Waals surface area (Å²) in [6.45, 7) is 0.274. The fourth-order valence-corrected chi connectivity index (χ4v) is 4.06. The van der Waals surface area contributed by atoms with Gasteiger partial charge in [0.2, 0.25) is 0 Å². The van der Waals surface area contributed by atoms with E-state index in [0.717, 1.165) is 19.3 Å². The number of anilines is 2. The second-order valence-electron chi connectivity index (χ2n) is 7.23. The van der Waals surface area contributed by atoms with Gasteiger partial charge >= 0.3 is 6.03 Å². The lowest BCUT2D eigenvalue weighted by atomic mass is 9.82. The van der Waals surface area contributed by atoms with Crippen molar-refractivity contribution in [2.45, 2.75) is 50.2 Å². The van der Waals surface area contributed by atoms with Crippen LogP contribution < -0.4 is 20.7 Å². The highest BCUT2D eigenvalue weighted by Gasteiger charge is 2.41. The molecule has 1 atom stereocenters. The molecule has 1 aliphatic carbocycles. The van der Waals surface area contributed by atoms with Crippen LogP contribution in [0.15, 0.2) is 12.1 Å². The zero-order valence-corrected chi connectivity index (χ0v) is 14.4. The molecule has 0 bridgehead atoms. The second kappa shape index (κ2) is 6.75. The molecule has 1 saturated heterocycles. The van der Waals surface area contributed by atoms with Gasteiger partial charge in [0, 0.05) is 11.8 Å². The van der Waals surface area contributed by atoms with Crippen molar-refractivity contribution in [2.24, 2.45) is 0 Å². The van der Waals surface area contributed by atoms with E-state index in [4.69, 9.17) is 9.47 Å². The molecule has 3 N–H and O–H groups in total. The average molecular weight is 363 g/mol. The van der Waals surface area contributed by atoms with E-state index < -0.39 is 11.8 Å². The summed E-state index contributed by atoms with van der Waals surface area (Å²) in [7, 11) is 0. The Bertz CT molecular complexity index is 733. The SMILES string of the molecule is O=C1COc2c(F)cc(NC(=O)N[C@@H]3COC4(CCCCC4)C3)cc2N1. The molecular weight excluding hydrogens is 341 g/mol. The Morgan fingerprint density at radius 3 is 2.88 bits per heavy atom. The first-order chi connectivity index (χ1) is 12.5. The lowest BCUT2D eigenvalue weighted by Crippen LogP contribution is -2.39. The van der Waals surface area contributed by atoms with Crippen LogP contribution in [0.5, 0.6) is 5.75 Å². The maximum absolute atomic E-state index is 14.1. The van der Waals surface area contributed by atoms with Crippen molar-refractivity contribution in [3.8, 4) is 5.75 Å². The first-order valence-electron chi connectivity index (χ1n) is 9.01. The highest BCUT2D eigenvalue weighted by molar-refractivity contribution is 5.97. The molecule has 4 rings (SSSR count). The quantitative estimate of drug-likeness (QED) is 0.754. The third-order valence-corrected chi connectivity index (χ3v) is 5.23. The molecule has 0 radical (unpaired) electrons. The summed E-state index contributed by atoms with van der Waals surface area (Å²) in [6.07, 6.45) is 6.48. The van der Waals surface area contributed by atoms with Crippen LogP contribution in [0.25, 0.3) is 0 Å². The van der Waals surface area contributed by atoms with E-state index in [1.54, 1.807) is 0 Å². The molecule has 1 saturated carbocycles. The van der Waals surface area contributed by atoms with Crippen LogP contribution in [0.4, 0.5) is 20.6 Å². The number of halogens is 1. The van der Waals surface area contributed by atoms with Crippen LogP contribution in [-0.4, -0.2) is 36.8 Å². The smallest absolute Gasteiger partial charge is 0.319 e. The predicted molar refractivity (Wildman–Crippen MR) is 92.9 cm³/mol. The van der Waals surface area contributed by atoms with Crippen molar-refractivity contribution in [1.82, 2.24) is 5.32 Å². The second-order valence-corrected chi connectivity index (χ2v) is 7.23. The number of urea groups is 1. The number of amides is 3. The summed E-state index contributed by atoms with van der Waals surface area (Å²) >= 11 is 0. The topological polar surface area (TPSA) is 88.7 Å². The molecular formula is C18H22FN3O4. The van der Waals surface area contributed by atoms with Gasteiger partial charge in [-0.25, -0.2) is 9.18 Å². The lowest BCUT2D eigenvalue weighted by molar-refractivity contribution is -0.118. The highest BCUT2D eigenvalue weighted by Crippen LogP contribution is 2.39. The molecule has 1 aromatic rings. The van der Waals surface area contributed by atoms with E-state index >= 15 is 0 Å². The van der Waals surface area contributed by atoms with Crippen molar-refractivity contribution in [3.05, 3.63) is 17.9 Å². The van der Waals surface area contributed by atoms with E-state index in [-0.39, 0.29) is 41.3 Å². The molecule has 7 nitrogen and oxygen atoms in total. The zero-order valence-electron chi connectivity index (χ0n) is 14.4. The summed E-state index contributed by atoms with van der Waals surface area (Å²) < 4.78 is 25.1. The van der Waals surface area contributed by atoms with E-state index in [9.17, 15) is 14.0 Å². The minimum Gasteiger partial charge on any atom is -0.478 e. The first kappa shape index (κ1) is 17.1. The zero-order chi connectivity index (χ0) is 18.1. The van der Waals surface area contributed by atoms with Gasteiger partial charge in [0.05, 0.1) is 23.9 Å². The normalized spacial score (nSPS) is 23.7. The lowest BCUT2D eigenvalue weighted by Gasteiger charge is -2.32. The van der Waals surface area contributed by atoms with Gasteiger partial charge in [-0.15, -0.1) is 0 Å². The fraction of sp³-hybridized carbons (Fsp3) is 0.556. The van der Waals surface area contributed by atoms with Gasteiger partial charge in [0.1, 0.15) is 0 Å². The molecule has 2 heterocycles. The Hall–Kier alpha value is -2.35. The van der Waals surface area contributed by atoms with Crippen LogP contribution in [0.1, 0.15) is 38.5 Å². The molecule has 2 aliphatic heterocycles. The van der Waals surface area contributed by atoms with Crippen LogP contribution in [0.2, 0.25) is 0 Å². The summed E-state index contributed by atoms with van der Waals surface area (Å²) in [4.78, 5) is 23.6. The molecule has 140 valence electrons. The van der Waals surface area contributed by atoms with Crippen LogP contribution in [0.3, 0.4) is 0 Å². The van der Waals surface area contributed by atoms with Crippen molar-refractivity contribution in [1.29, 1.82) is 0 Å². The molecule has 0 aromatic heterocycles. The van der Waals surface area contributed by atoms with E-state index in [2.05, 4.69) is 16.0 Å². The summed E-state index contributed by atoms with van der Waals surface area (Å²) in [5.41, 5.74) is 0.369. The van der Waals surface area contributed by atoms with Crippen molar-refractivity contribution in [3.63, 3.8) is 0 Å². The minimum absolute atomic E-state index is 0.0148. The predicted octanol–water partition coefficient (Wildman–Crippen LogP) is 2.77. The van der Waals surface area contributed by atoms with Crippen LogP contribution in [-0.2, 0) is 9.53 Å². The summed E-state index contributed by atoms with van der Waals surface area (Å²) in [6, 6.07) is 2.17. The number of nitrogens with one attached hydrogen (secondary N) is 3. The Balaban J connectivity index is 1.37. The third kappa shape index (κ3) is 3.46. The number of carbonyl (C=O) groups is 2. The number of fused-ring (bicyclic) bond motifs is 1. The first-order valence-corrected chi connectivity index (χ1v) is 9.01. The van der Waals surface area contributed by atoms with E-state index in [0.29, 0.717) is 6.61 Å². The number of hydrogen-bond acceptors (Lipinski definition) is 4. The molecule has 1 aromatic carbocycles. The summed E-state index contributed by atoms with van der Waals surface area (Å²) in [5.74, 6) is -1.01.